The second-order valence-corrected chi connectivity index (χ2v) is 12.7. The monoisotopic (exact) mass is 676 g/mol. The number of thiazole rings is 1. The van der Waals surface area contributed by atoms with Gasteiger partial charge in [0.1, 0.15) is 12.6 Å². The molecule has 0 N–H and O–H groups in total. The number of hydrogen-bond acceptors (Lipinski definition) is 8. The lowest BCUT2D eigenvalue weighted by Crippen LogP contribution is -2.39. The summed E-state index contributed by atoms with van der Waals surface area (Å²) >= 11 is 15.0. The number of aromatic nitrogens is 1. The molecule has 45 heavy (non-hydrogen) atoms. The molecule has 0 radical (unpaired) electrons. The quantitative estimate of drug-likeness (QED) is 0.159. The van der Waals surface area contributed by atoms with Crippen LogP contribution in [0.4, 0.5) is 0 Å². The maximum Gasteiger partial charge on any atom is 0.338 e. The summed E-state index contributed by atoms with van der Waals surface area (Å²) in [5.41, 5.74) is 2.72. The molecule has 0 aliphatic carbocycles. The molecule has 0 spiro atoms. The van der Waals surface area contributed by atoms with Crippen LogP contribution < -0.4 is 24.4 Å². The fourth-order valence-corrected chi connectivity index (χ4v) is 7.18. The molecule has 7 nitrogen and oxygen atoms in total. The van der Waals surface area contributed by atoms with Gasteiger partial charge in [-0.2, -0.15) is 0 Å². The minimum Gasteiger partial charge on any atom is -0.493 e. The number of methoxy groups -OCH3 is 1. The molecule has 11 heteroatoms. The number of hydrogen-bond donors (Lipinski definition) is 0. The van der Waals surface area contributed by atoms with Gasteiger partial charge in [-0.1, -0.05) is 89.1 Å². The number of carbonyl (C=O) groups is 1. The number of esters is 1. The molecule has 0 fully saturated rings. The molecule has 1 atom stereocenters. The number of fused-ring (bicyclic) bond motifs is 1. The van der Waals surface area contributed by atoms with Crippen molar-refractivity contribution in [3.8, 4) is 11.5 Å². The lowest BCUT2D eigenvalue weighted by atomic mass is 9.97. The number of ether oxygens (including phenoxy) is 3. The van der Waals surface area contributed by atoms with Crippen molar-refractivity contribution in [1.29, 1.82) is 0 Å². The van der Waals surface area contributed by atoms with E-state index in [0.29, 0.717) is 47.7 Å². The first-order chi connectivity index (χ1) is 21.9. The first kappa shape index (κ1) is 30.9. The van der Waals surface area contributed by atoms with E-state index in [0.717, 1.165) is 16.0 Å². The Bertz CT molecular complexity index is 2090. The lowest BCUT2D eigenvalue weighted by molar-refractivity contribution is -0.138. The van der Waals surface area contributed by atoms with Crippen molar-refractivity contribution < 1.29 is 19.0 Å². The predicted octanol–water partition coefficient (Wildman–Crippen LogP) is 6.89. The maximum atomic E-state index is 14.2. The summed E-state index contributed by atoms with van der Waals surface area (Å²) < 4.78 is 19.4. The molecule has 0 amide bonds. The molecule has 0 saturated heterocycles. The number of para-hydroxylation sites is 1. The van der Waals surface area contributed by atoms with Gasteiger partial charge in [0.15, 0.2) is 16.3 Å². The Hall–Kier alpha value is -4.15. The zero-order chi connectivity index (χ0) is 31.5. The zero-order valence-electron chi connectivity index (χ0n) is 24.2. The molecule has 1 aliphatic heterocycles. The van der Waals surface area contributed by atoms with Crippen molar-refractivity contribution in [2.75, 3.05) is 13.7 Å². The Balaban J connectivity index is 1.51. The van der Waals surface area contributed by atoms with Crippen molar-refractivity contribution >= 4 is 63.6 Å². The van der Waals surface area contributed by atoms with Crippen molar-refractivity contribution in [1.82, 2.24) is 4.57 Å². The van der Waals surface area contributed by atoms with E-state index in [2.05, 4.69) is 0 Å². The molecule has 2 aromatic heterocycles. The van der Waals surface area contributed by atoms with Gasteiger partial charge in [-0.15, -0.1) is 11.3 Å². The van der Waals surface area contributed by atoms with Gasteiger partial charge >= 0.3 is 5.97 Å². The third-order valence-electron chi connectivity index (χ3n) is 7.07. The van der Waals surface area contributed by atoms with Gasteiger partial charge < -0.3 is 14.2 Å². The molecular formula is C34H26Cl2N2O5S2. The van der Waals surface area contributed by atoms with Crippen LogP contribution in [-0.4, -0.2) is 24.3 Å². The van der Waals surface area contributed by atoms with Crippen molar-refractivity contribution in [3.05, 3.63) is 141 Å². The molecule has 3 heterocycles. The first-order valence-electron chi connectivity index (χ1n) is 13.9. The zero-order valence-corrected chi connectivity index (χ0v) is 27.3. The SMILES string of the molecule is CCOC(=O)C1=C(c2ccccc2)N=c2s/c(=C\c3cccc(OC)c3OCc3ccc(Cl)c(Cl)c3)c(=O)n2[C@@H]1c1cccs1. The normalized spacial score (nSPS) is 14.6. The summed E-state index contributed by atoms with van der Waals surface area (Å²) in [6.07, 6.45) is 1.76. The van der Waals surface area contributed by atoms with E-state index < -0.39 is 12.0 Å². The molecule has 228 valence electrons. The number of rotatable bonds is 9. The third kappa shape index (κ3) is 6.21. The van der Waals surface area contributed by atoms with Gasteiger partial charge in [-0.25, -0.2) is 9.79 Å². The predicted molar refractivity (Wildman–Crippen MR) is 179 cm³/mol. The van der Waals surface area contributed by atoms with E-state index in [4.69, 9.17) is 42.4 Å². The summed E-state index contributed by atoms with van der Waals surface area (Å²) in [7, 11) is 1.56. The Morgan fingerprint density at radius 3 is 2.56 bits per heavy atom. The van der Waals surface area contributed by atoms with Gasteiger partial charge in [0.05, 0.1) is 39.6 Å². The van der Waals surface area contributed by atoms with Crippen molar-refractivity contribution in [3.63, 3.8) is 0 Å². The highest BCUT2D eigenvalue weighted by Gasteiger charge is 2.35. The standard InChI is InChI=1S/C34H26Cl2N2O5S2/c1-3-42-33(40)28-29(21-9-5-4-6-10-21)37-34-38(30(28)26-13-8-16-44-26)32(39)27(45-34)18-22-11-7-12-25(41-2)31(22)43-19-20-14-15-23(35)24(36)17-20/h4-18,30H,3,19H2,1-2H3/b27-18-/t30-/m1/s1. The molecule has 0 unspecified atom stereocenters. The minimum atomic E-state index is -0.715. The average molecular weight is 678 g/mol. The highest BCUT2D eigenvalue weighted by molar-refractivity contribution is 7.10. The smallest absolute Gasteiger partial charge is 0.338 e. The summed E-state index contributed by atoms with van der Waals surface area (Å²) in [5.74, 6) is 0.450. The van der Waals surface area contributed by atoms with Crippen LogP contribution in [0.25, 0.3) is 11.8 Å². The van der Waals surface area contributed by atoms with Gasteiger partial charge in [-0.05, 0) is 48.2 Å². The Labute approximate surface area is 276 Å². The molecular weight excluding hydrogens is 651 g/mol. The molecule has 3 aromatic carbocycles. The second-order valence-electron chi connectivity index (χ2n) is 9.86. The first-order valence-corrected chi connectivity index (χ1v) is 16.4. The highest BCUT2D eigenvalue weighted by atomic mass is 35.5. The van der Waals surface area contributed by atoms with Crippen molar-refractivity contribution in [2.45, 2.75) is 19.6 Å². The number of benzene rings is 3. The summed E-state index contributed by atoms with van der Waals surface area (Å²) in [6.45, 7) is 2.14. The van der Waals surface area contributed by atoms with Crippen LogP contribution in [-0.2, 0) is 16.1 Å². The lowest BCUT2D eigenvalue weighted by Gasteiger charge is -2.24. The topological polar surface area (TPSA) is 79.1 Å². The number of halogens is 2. The summed E-state index contributed by atoms with van der Waals surface area (Å²) in [5, 5.41) is 2.80. The summed E-state index contributed by atoms with van der Waals surface area (Å²) in [6, 6.07) is 23.3. The minimum absolute atomic E-state index is 0.187. The highest BCUT2D eigenvalue weighted by Crippen LogP contribution is 2.37. The van der Waals surface area contributed by atoms with E-state index in [1.54, 1.807) is 42.9 Å². The molecule has 1 aliphatic rings. The average Bonchev–Trinajstić information content (AvgIpc) is 3.70. The molecule has 5 aromatic rings. The van der Waals surface area contributed by atoms with Crippen molar-refractivity contribution in [2.24, 2.45) is 4.99 Å². The van der Waals surface area contributed by atoms with Crippen LogP contribution in [0.5, 0.6) is 11.5 Å². The van der Waals surface area contributed by atoms with Gasteiger partial charge in [0.2, 0.25) is 0 Å². The maximum absolute atomic E-state index is 14.2. The van der Waals surface area contributed by atoms with Gasteiger partial charge in [-0.3, -0.25) is 9.36 Å². The van der Waals surface area contributed by atoms with E-state index in [1.807, 2.05) is 66.0 Å². The number of nitrogens with zero attached hydrogens (tertiary/aromatic N) is 2. The van der Waals surface area contributed by atoms with E-state index >= 15 is 0 Å². The molecule has 0 saturated carbocycles. The molecule has 6 rings (SSSR count). The van der Waals surface area contributed by atoms with E-state index in [-0.39, 0.29) is 18.8 Å². The van der Waals surface area contributed by atoms with Gasteiger partial charge in [0.25, 0.3) is 5.56 Å². The van der Waals surface area contributed by atoms with Gasteiger partial charge in [0, 0.05) is 16.0 Å². The van der Waals surface area contributed by atoms with E-state index in [1.165, 1.54) is 22.7 Å². The largest absolute Gasteiger partial charge is 0.493 e. The number of thiophene rings is 1. The Morgan fingerprint density at radius 1 is 1.02 bits per heavy atom. The van der Waals surface area contributed by atoms with Crippen LogP contribution in [0, 0.1) is 0 Å². The molecule has 0 bridgehead atoms. The second kappa shape index (κ2) is 13.5. The van der Waals surface area contributed by atoms with Crippen LogP contribution in [0.3, 0.4) is 0 Å². The van der Waals surface area contributed by atoms with Crippen LogP contribution in [0.1, 0.15) is 34.5 Å². The Morgan fingerprint density at radius 2 is 1.84 bits per heavy atom. The third-order valence-corrected chi connectivity index (χ3v) is 9.72. The number of carbonyl (C=O) groups excluding carboxylic acids is 1. The van der Waals surface area contributed by atoms with Crippen LogP contribution >= 0.6 is 45.9 Å². The van der Waals surface area contributed by atoms with Crippen LogP contribution in [0.2, 0.25) is 10.0 Å². The Kier molecular flexibility index (Phi) is 9.23. The fraction of sp³-hybridized carbons (Fsp3) is 0.147. The fourth-order valence-electron chi connectivity index (χ4n) is 5.04. The van der Waals surface area contributed by atoms with E-state index in [9.17, 15) is 9.59 Å². The summed E-state index contributed by atoms with van der Waals surface area (Å²) in [4.78, 5) is 34.0. The van der Waals surface area contributed by atoms with Crippen LogP contribution in [0.15, 0.2) is 99.6 Å².